The van der Waals surface area contributed by atoms with E-state index in [1.54, 1.807) is 0 Å². The molecular formula is C28H36Cl2N4OS. The summed E-state index contributed by atoms with van der Waals surface area (Å²) in [7, 11) is 0. The maximum absolute atomic E-state index is 13.9. The van der Waals surface area contributed by atoms with Crippen LogP contribution in [0.3, 0.4) is 0 Å². The lowest BCUT2D eigenvalue weighted by Crippen LogP contribution is -2.59. The van der Waals surface area contributed by atoms with Crippen LogP contribution in [0.1, 0.15) is 53.5 Å². The van der Waals surface area contributed by atoms with E-state index in [1.165, 1.54) is 17.3 Å². The van der Waals surface area contributed by atoms with Gasteiger partial charge in [0, 0.05) is 35.4 Å². The van der Waals surface area contributed by atoms with Gasteiger partial charge in [0.05, 0.1) is 12.1 Å². The lowest BCUT2D eigenvalue weighted by molar-refractivity contribution is -0.129. The minimum absolute atomic E-state index is 0.0819. The molecule has 0 unspecified atom stereocenters. The zero-order chi connectivity index (χ0) is 26.2. The van der Waals surface area contributed by atoms with Crippen molar-refractivity contribution in [1.29, 1.82) is 0 Å². The minimum Gasteiger partial charge on any atom is -0.333 e. The summed E-state index contributed by atoms with van der Waals surface area (Å²) in [5, 5.41) is 5.61. The topological polar surface area (TPSA) is 47.9 Å². The van der Waals surface area contributed by atoms with E-state index in [9.17, 15) is 4.79 Å². The highest BCUT2D eigenvalue weighted by atomic mass is 35.5. The number of benzene rings is 1. The Labute approximate surface area is 229 Å². The third kappa shape index (κ3) is 4.90. The molecule has 1 fully saturated rings. The van der Waals surface area contributed by atoms with Gasteiger partial charge in [0.2, 0.25) is 0 Å². The number of likely N-dealkylation sites (N-methyl/N-ethyl adjacent to an activating group) is 1. The summed E-state index contributed by atoms with van der Waals surface area (Å²) in [5.41, 5.74) is 2.83. The van der Waals surface area contributed by atoms with Crippen molar-refractivity contribution in [1.82, 2.24) is 15.1 Å². The molecule has 3 heterocycles. The number of thioether (sulfide) groups is 1. The summed E-state index contributed by atoms with van der Waals surface area (Å²) in [6, 6.07) is 8.15. The first kappa shape index (κ1) is 27.3. The van der Waals surface area contributed by atoms with Crippen LogP contribution in [0.2, 0.25) is 5.02 Å². The Morgan fingerprint density at radius 3 is 2.44 bits per heavy atom. The van der Waals surface area contributed by atoms with Crippen molar-refractivity contribution in [2.24, 2.45) is 10.9 Å². The van der Waals surface area contributed by atoms with Gasteiger partial charge >= 0.3 is 0 Å². The monoisotopic (exact) mass is 546 g/mol. The van der Waals surface area contributed by atoms with E-state index in [1.807, 2.05) is 30.0 Å². The largest absolute Gasteiger partial charge is 0.333 e. The first-order valence-electron chi connectivity index (χ1n) is 12.7. The molecule has 8 heteroatoms. The number of nitrogens with zero attached hydrogens (tertiary/aromatic N) is 3. The number of amides is 1. The Morgan fingerprint density at radius 2 is 1.94 bits per heavy atom. The first-order chi connectivity index (χ1) is 17.1. The minimum atomic E-state index is -0.542. The molecule has 0 aliphatic carbocycles. The van der Waals surface area contributed by atoms with Gasteiger partial charge in [-0.25, -0.2) is 4.99 Å². The molecule has 0 saturated carbocycles. The lowest BCUT2D eigenvalue weighted by Gasteiger charge is -2.39. The van der Waals surface area contributed by atoms with Crippen LogP contribution < -0.4 is 5.32 Å². The smallest absolute Gasteiger partial charge is 0.262 e. The fourth-order valence-corrected chi connectivity index (χ4v) is 6.84. The van der Waals surface area contributed by atoms with Crippen molar-refractivity contribution >= 4 is 46.0 Å². The molecule has 36 heavy (non-hydrogen) atoms. The van der Waals surface area contributed by atoms with Gasteiger partial charge in [-0.1, -0.05) is 62.2 Å². The third-order valence-electron chi connectivity index (χ3n) is 7.27. The number of aliphatic imine (C=N–C) groups is 1. The van der Waals surface area contributed by atoms with Gasteiger partial charge in [0.15, 0.2) is 5.17 Å². The molecule has 1 saturated heterocycles. The number of allylic oxidation sites excluding steroid dienone is 4. The van der Waals surface area contributed by atoms with Gasteiger partial charge in [-0.3, -0.25) is 4.79 Å². The number of hydrogen-bond donors (Lipinski definition) is 1. The summed E-state index contributed by atoms with van der Waals surface area (Å²) in [5.74, 6) is 0.265. The van der Waals surface area contributed by atoms with Gasteiger partial charge < -0.3 is 15.1 Å². The second-order valence-corrected chi connectivity index (χ2v) is 12.1. The third-order valence-corrected chi connectivity index (χ3v) is 8.71. The fraction of sp³-hybridized carbons (Fsp3) is 0.500. The van der Waals surface area contributed by atoms with Crippen molar-refractivity contribution in [3.05, 3.63) is 68.2 Å². The van der Waals surface area contributed by atoms with Gasteiger partial charge in [-0.05, 0) is 74.2 Å². The molecule has 2 atom stereocenters. The van der Waals surface area contributed by atoms with Gasteiger partial charge in [-0.2, -0.15) is 0 Å². The average molecular weight is 548 g/mol. The standard InChI is InChI=1S/C28H36Cl2N4OS/c1-7-19(10-9-18(5)29)25-28(6,20-11-13-21(30)14-12-20)32-27-34(25)23(17(3)4)24(36-27)26(35)33(8-2)22-15-31-16-22/h9-14,17,22,25,31H,7-8,15-16H2,1-6H3/b18-9+,19-10+/t25-,28+/m1/s1. The second-order valence-electron chi connectivity index (χ2n) is 10.0. The number of rotatable bonds is 8. The summed E-state index contributed by atoms with van der Waals surface area (Å²) in [6.07, 6.45) is 4.92. The van der Waals surface area contributed by atoms with Crippen LogP contribution in [0.15, 0.2) is 62.6 Å². The molecule has 0 spiro atoms. The van der Waals surface area contributed by atoms with Crippen LogP contribution >= 0.6 is 35.0 Å². The van der Waals surface area contributed by atoms with Crippen LogP contribution in [-0.4, -0.2) is 52.6 Å². The van der Waals surface area contributed by atoms with E-state index in [2.05, 4.69) is 63.0 Å². The maximum Gasteiger partial charge on any atom is 0.262 e. The van der Waals surface area contributed by atoms with Crippen molar-refractivity contribution in [3.63, 3.8) is 0 Å². The number of carbonyl (C=O) groups excluding carboxylic acids is 1. The Bertz CT molecular complexity index is 1130. The quantitative estimate of drug-likeness (QED) is 0.377. The van der Waals surface area contributed by atoms with E-state index in [0.717, 1.165) is 45.9 Å². The van der Waals surface area contributed by atoms with E-state index >= 15 is 0 Å². The van der Waals surface area contributed by atoms with Gasteiger partial charge in [0.1, 0.15) is 10.4 Å². The highest BCUT2D eigenvalue weighted by molar-refractivity contribution is 8.18. The molecule has 1 amide bonds. The number of fused-ring (bicyclic) bond motifs is 1. The Hall–Kier alpha value is -1.73. The molecular weight excluding hydrogens is 511 g/mol. The van der Waals surface area contributed by atoms with E-state index in [0.29, 0.717) is 11.6 Å². The lowest BCUT2D eigenvalue weighted by atomic mass is 9.80. The summed E-state index contributed by atoms with van der Waals surface area (Å²) in [4.78, 5) is 24.3. The highest BCUT2D eigenvalue weighted by Gasteiger charge is 2.53. The Balaban J connectivity index is 1.85. The zero-order valence-corrected chi connectivity index (χ0v) is 24.3. The fourth-order valence-electron chi connectivity index (χ4n) is 5.29. The molecule has 1 aromatic carbocycles. The van der Waals surface area contributed by atoms with Gasteiger partial charge in [0.25, 0.3) is 5.91 Å². The number of carbonyl (C=O) groups is 1. The molecule has 194 valence electrons. The predicted octanol–water partition coefficient (Wildman–Crippen LogP) is 6.51. The zero-order valence-electron chi connectivity index (χ0n) is 21.9. The van der Waals surface area contributed by atoms with Crippen LogP contribution in [0, 0.1) is 5.92 Å². The molecule has 4 rings (SSSR count). The Morgan fingerprint density at radius 1 is 1.28 bits per heavy atom. The average Bonchev–Trinajstić information content (AvgIpc) is 3.29. The molecule has 0 radical (unpaired) electrons. The molecule has 0 bridgehead atoms. The highest BCUT2D eigenvalue weighted by Crippen LogP contribution is 2.52. The van der Waals surface area contributed by atoms with E-state index < -0.39 is 5.54 Å². The SMILES string of the molecule is CC/C(=C\C=C(/C)Cl)[C@H]1N2C(=N[C@@]1(C)c1ccc(Cl)cc1)SC(C(=O)N(CC)C1CNC1)=C2C(C)C. The Kier molecular flexibility index (Phi) is 8.30. The molecule has 0 aromatic heterocycles. The van der Waals surface area contributed by atoms with Crippen LogP contribution in [0.25, 0.3) is 0 Å². The van der Waals surface area contributed by atoms with Crippen molar-refractivity contribution in [2.45, 2.75) is 65.6 Å². The molecule has 3 aliphatic rings. The number of hydrogen-bond acceptors (Lipinski definition) is 5. The number of halogens is 2. The summed E-state index contributed by atoms with van der Waals surface area (Å²) in [6.45, 7) is 15.0. The molecule has 5 nitrogen and oxygen atoms in total. The summed E-state index contributed by atoms with van der Waals surface area (Å²) < 4.78 is 0. The molecule has 1 N–H and O–H groups in total. The van der Waals surface area contributed by atoms with Gasteiger partial charge in [-0.15, -0.1) is 0 Å². The van der Waals surface area contributed by atoms with Crippen LogP contribution in [0.5, 0.6) is 0 Å². The first-order valence-corrected chi connectivity index (χ1v) is 14.3. The number of nitrogens with one attached hydrogen (secondary N) is 1. The predicted molar refractivity (Wildman–Crippen MR) is 153 cm³/mol. The van der Waals surface area contributed by atoms with Crippen molar-refractivity contribution in [3.8, 4) is 0 Å². The van der Waals surface area contributed by atoms with E-state index in [4.69, 9.17) is 28.2 Å². The van der Waals surface area contributed by atoms with Crippen LogP contribution in [-0.2, 0) is 10.3 Å². The second kappa shape index (κ2) is 10.9. The number of amidine groups is 1. The van der Waals surface area contributed by atoms with Crippen LogP contribution in [0.4, 0.5) is 0 Å². The van der Waals surface area contributed by atoms with Crippen molar-refractivity contribution in [2.75, 3.05) is 19.6 Å². The van der Waals surface area contributed by atoms with Crippen molar-refractivity contribution < 1.29 is 4.79 Å². The molecule has 3 aliphatic heterocycles. The normalized spacial score (nSPS) is 24.9. The molecule has 1 aromatic rings. The van der Waals surface area contributed by atoms with E-state index in [-0.39, 0.29) is 23.9 Å². The maximum atomic E-state index is 13.9. The summed E-state index contributed by atoms with van der Waals surface area (Å²) >= 11 is 14.0.